The fourth-order valence-electron chi connectivity index (χ4n) is 1.84. The van der Waals surface area contributed by atoms with E-state index in [0.29, 0.717) is 0 Å². The lowest BCUT2D eigenvalue weighted by Crippen LogP contribution is -1.88. The molecule has 0 unspecified atom stereocenters. The maximum absolute atomic E-state index is 5.76. The van der Waals surface area contributed by atoms with Gasteiger partial charge in [-0.15, -0.1) is 0 Å². The van der Waals surface area contributed by atoms with E-state index in [2.05, 4.69) is 16.0 Å². The number of nitrogens with zero attached hydrogens (tertiary/aromatic N) is 2. The third kappa shape index (κ3) is 1.83. The van der Waals surface area contributed by atoms with Crippen molar-refractivity contribution in [2.45, 2.75) is 0 Å². The van der Waals surface area contributed by atoms with Crippen LogP contribution in [0, 0.1) is 0 Å². The van der Waals surface area contributed by atoms with Crippen LogP contribution in [0.1, 0.15) is 0 Å². The van der Waals surface area contributed by atoms with Crippen LogP contribution in [0.2, 0.25) is 0 Å². The molecule has 82 valence electrons. The smallest absolute Gasteiger partial charge is 0.0722 e. The van der Waals surface area contributed by atoms with Crippen LogP contribution in [0.25, 0.3) is 22.2 Å². The lowest BCUT2D eigenvalue weighted by Gasteiger charge is -2.03. The molecule has 2 heterocycles. The molecule has 0 aliphatic heterocycles. The molecule has 2 N–H and O–H groups in total. The van der Waals surface area contributed by atoms with Crippen LogP contribution < -0.4 is 5.73 Å². The third-order valence-electron chi connectivity index (χ3n) is 2.68. The van der Waals surface area contributed by atoms with Gasteiger partial charge < -0.3 is 5.73 Å². The summed E-state index contributed by atoms with van der Waals surface area (Å²) < 4.78 is 0. The Kier molecular flexibility index (Phi) is 2.22. The van der Waals surface area contributed by atoms with Crippen molar-refractivity contribution in [3.63, 3.8) is 0 Å². The minimum Gasteiger partial charge on any atom is -0.399 e. The van der Waals surface area contributed by atoms with Crippen molar-refractivity contribution in [3.05, 3.63) is 54.9 Å². The van der Waals surface area contributed by atoms with E-state index in [9.17, 15) is 0 Å². The number of anilines is 1. The van der Waals surface area contributed by atoms with Crippen molar-refractivity contribution >= 4 is 16.6 Å². The number of pyridine rings is 2. The van der Waals surface area contributed by atoms with Crippen LogP contribution in [0.4, 0.5) is 5.69 Å². The zero-order valence-corrected chi connectivity index (χ0v) is 9.17. The van der Waals surface area contributed by atoms with E-state index in [4.69, 9.17) is 5.73 Å². The van der Waals surface area contributed by atoms with E-state index < -0.39 is 0 Å². The van der Waals surface area contributed by atoms with Crippen molar-refractivity contribution in [2.75, 3.05) is 5.73 Å². The minimum atomic E-state index is 0.723. The lowest BCUT2D eigenvalue weighted by molar-refractivity contribution is 1.33. The summed E-state index contributed by atoms with van der Waals surface area (Å²) in [4.78, 5) is 8.60. The minimum absolute atomic E-state index is 0.723. The molecule has 17 heavy (non-hydrogen) atoms. The van der Waals surface area contributed by atoms with Gasteiger partial charge in [0.05, 0.1) is 11.2 Å². The molecule has 3 aromatic rings. The Hall–Kier alpha value is -2.42. The largest absolute Gasteiger partial charge is 0.399 e. The van der Waals surface area contributed by atoms with Crippen molar-refractivity contribution in [1.82, 2.24) is 9.97 Å². The molecule has 0 saturated carbocycles. The van der Waals surface area contributed by atoms with Gasteiger partial charge in [-0.2, -0.15) is 0 Å². The van der Waals surface area contributed by atoms with Crippen molar-refractivity contribution in [1.29, 1.82) is 0 Å². The molecule has 0 atom stereocenters. The van der Waals surface area contributed by atoms with Gasteiger partial charge in [-0.05, 0) is 30.3 Å². The summed E-state index contributed by atoms with van der Waals surface area (Å²) in [5.41, 5.74) is 9.40. The molecule has 0 bridgehead atoms. The fraction of sp³-hybridized carbons (Fsp3) is 0. The summed E-state index contributed by atoms with van der Waals surface area (Å²) in [6.45, 7) is 0. The maximum atomic E-state index is 5.76. The first-order chi connectivity index (χ1) is 8.33. The van der Waals surface area contributed by atoms with Crippen LogP contribution in [0.15, 0.2) is 54.9 Å². The maximum Gasteiger partial charge on any atom is 0.0722 e. The van der Waals surface area contributed by atoms with Crippen molar-refractivity contribution in [2.24, 2.45) is 0 Å². The van der Waals surface area contributed by atoms with Crippen LogP contribution in [0.3, 0.4) is 0 Å². The number of hydrogen-bond acceptors (Lipinski definition) is 3. The first kappa shape index (κ1) is 9.78. The number of nitrogen functional groups attached to an aromatic ring is 1. The fourth-order valence-corrected chi connectivity index (χ4v) is 1.84. The summed E-state index contributed by atoms with van der Waals surface area (Å²) in [5, 5.41) is 1.11. The Labute approximate surface area is 98.9 Å². The molecule has 0 fully saturated rings. The second-order valence-electron chi connectivity index (χ2n) is 3.89. The predicted octanol–water partition coefficient (Wildman–Crippen LogP) is 2.88. The Morgan fingerprint density at radius 3 is 2.71 bits per heavy atom. The van der Waals surface area contributed by atoms with E-state index in [1.165, 1.54) is 0 Å². The van der Waals surface area contributed by atoms with E-state index in [-0.39, 0.29) is 0 Å². The van der Waals surface area contributed by atoms with Crippen molar-refractivity contribution in [3.8, 4) is 11.3 Å². The van der Waals surface area contributed by atoms with Gasteiger partial charge in [0.2, 0.25) is 0 Å². The Balaban J connectivity index is 2.18. The highest BCUT2D eigenvalue weighted by atomic mass is 14.7. The highest BCUT2D eigenvalue weighted by molar-refractivity contribution is 5.83. The molecule has 3 nitrogen and oxygen atoms in total. The van der Waals surface area contributed by atoms with Gasteiger partial charge in [0.1, 0.15) is 0 Å². The van der Waals surface area contributed by atoms with Crippen LogP contribution in [-0.2, 0) is 0 Å². The molecule has 0 radical (unpaired) electrons. The Bertz CT molecular complexity index is 677. The molecule has 0 aliphatic carbocycles. The van der Waals surface area contributed by atoms with Crippen LogP contribution >= 0.6 is 0 Å². The second kappa shape index (κ2) is 3.87. The van der Waals surface area contributed by atoms with E-state index in [1.54, 1.807) is 18.5 Å². The lowest BCUT2D eigenvalue weighted by atomic mass is 10.1. The van der Waals surface area contributed by atoms with Gasteiger partial charge in [0, 0.05) is 29.0 Å². The molecular formula is C14H11N3. The van der Waals surface area contributed by atoms with E-state index >= 15 is 0 Å². The first-order valence-electron chi connectivity index (χ1n) is 5.40. The zero-order chi connectivity index (χ0) is 11.7. The average molecular weight is 221 g/mol. The molecule has 2 aromatic heterocycles. The highest BCUT2D eigenvalue weighted by Crippen LogP contribution is 2.22. The third-order valence-corrected chi connectivity index (χ3v) is 2.68. The molecule has 0 aliphatic rings. The number of benzene rings is 1. The molecule has 0 amide bonds. The van der Waals surface area contributed by atoms with Crippen LogP contribution in [-0.4, -0.2) is 9.97 Å². The number of fused-ring (bicyclic) bond motifs is 1. The standard InChI is InChI=1S/C14H11N3/c15-12-5-7-17-14(9-12)11-3-4-13-10(8-11)2-1-6-16-13/h1-9H,(H2,15,17). The number of hydrogen-bond donors (Lipinski definition) is 1. The molecule has 3 rings (SSSR count). The van der Waals surface area contributed by atoms with Crippen molar-refractivity contribution < 1.29 is 0 Å². The van der Waals surface area contributed by atoms with Gasteiger partial charge in [0.25, 0.3) is 0 Å². The number of rotatable bonds is 1. The monoisotopic (exact) mass is 221 g/mol. The van der Waals surface area contributed by atoms with Gasteiger partial charge in [-0.1, -0.05) is 12.1 Å². The summed E-state index contributed by atoms with van der Waals surface area (Å²) in [6.07, 6.45) is 3.51. The molecular weight excluding hydrogens is 210 g/mol. The Morgan fingerprint density at radius 1 is 0.882 bits per heavy atom. The van der Waals surface area contributed by atoms with E-state index in [1.807, 2.05) is 30.3 Å². The number of aromatic nitrogens is 2. The normalized spacial score (nSPS) is 10.6. The highest BCUT2D eigenvalue weighted by Gasteiger charge is 2.01. The zero-order valence-electron chi connectivity index (χ0n) is 9.17. The van der Waals surface area contributed by atoms with Gasteiger partial charge in [-0.3, -0.25) is 9.97 Å². The SMILES string of the molecule is Nc1ccnc(-c2ccc3ncccc3c2)c1. The van der Waals surface area contributed by atoms with Gasteiger partial charge in [0.15, 0.2) is 0 Å². The molecule has 0 saturated heterocycles. The summed E-state index contributed by atoms with van der Waals surface area (Å²) >= 11 is 0. The predicted molar refractivity (Wildman–Crippen MR) is 69.4 cm³/mol. The summed E-state index contributed by atoms with van der Waals surface area (Å²) in [7, 11) is 0. The quantitative estimate of drug-likeness (QED) is 0.687. The van der Waals surface area contributed by atoms with Gasteiger partial charge in [-0.25, -0.2) is 0 Å². The molecule has 0 spiro atoms. The summed E-state index contributed by atoms with van der Waals surface area (Å²) in [6, 6.07) is 13.7. The summed E-state index contributed by atoms with van der Waals surface area (Å²) in [5.74, 6) is 0. The van der Waals surface area contributed by atoms with E-state index in [0.717, 1.165) is 27.8 Å². The Morgan fingerprint density at radius 2 is 1.82 bits per heavy atom. The molecule has 3 heteroatoms. The number of nitrogens with two attached hydrogens (primary N) is 1. The van der Waals surface area contributed by atoms with Crippen LogP contribution in [0.5, 0.6) is 0 Å². The molecule has 1 aromatic carbocycles. The average Bonchev–Trinajstić information content (AvgIpc) is 2.38. The topological polar surface area (TPSA) is 51.8 Å². The van der Waals surface area contributed by atoms with Gasteiger partial charge >= 0.3 is 0 Å². The second-order valence-corrected chi connectivity index (χ2v) is 3.89. The first-order valence-corrected chi connectivity index (χ1v) is 5.40.